The van der Waals surface area contributed by atoms with Crippen LogP contribution in [0.5, 0.6) is 0 Å². The zero-order chi connectivity index (χ0) is 14.9. The van der Waals surface area contributed by atoms with Crippen molar-refractivity contribution in [3.8, 4) is 0 Å². The highest BCUT2D eigenvalue weighted by Gasteiger charge is 1.92. The van der Waals surface area contributed by atoms with Crippen LogP contribution >= 0.6 is 0 Å². The van der Waals surface area contributed by atoms with Gasteiger partial charge in [0, 0.05) is 5.97 Å². The molecule has 0 aliphatic rings. The molecule has 0 heterocycles. The molecule has 0 radical (unpaired) electrons. The number of nitrogens with one attached hydrogen (secondary N) is 1. The normalized spacial score (nSPS) is 10.2. The van der Waals surface area contributed by atoms with Crippen molar-refractivity contribution >= 4 is 5.97 Å². The quantitative estimate of drug-likeness (QED) is 0.584. The van der Waals surface area contributed by atoms with Gasteiger partial charge in [0.05, 0.1) is 21.1 Å². The van der Waals surface area contributed by atoms with Gasteiger partial charge in [-0.1, -0.05) is 64.7 Å². The summed E-state index contributed by atoms with van der Waals surface area (Å²) in [6.45, 7) is 2.23. The first kappa shape index (κ1) is 20.7. The van der Waals surface area contributed by atoms with Crippen molar-refractivity contribution in [3.63, 3.8) is 0 Å². The molecule has 0 aromatic carbocycles. The molecule has 0 aliphatic heterocycles. The predicted molar refractivity (Wildman–Crippen MR) is 80.2 cm³/mol. The van der Waals surface area contributed by atoms with Crippen LogP contribution in [0.4, 0.5) is 0 Å². The van der Waals surface area contributed by atoms with Crippen molar-refractivity contribution < 1.29 is 14.8 Å². The van der Waals surface area contributed by atoms with Crippen LogP contribution in [0.15, 0.2) is 0 Å². The van der Waals surface area contributed by atoms with Crippen LogP contribution in [0.2, 0.25) is 0 Å². The van der Waals surface area contributed by atoms with E-state index in [2.05, 4.69) is 28.1 Å². The Hall–Kier alpha value is -0.570. The lowest BCUT2D eigenvalue weighted by Crippen LogP contribution is -3.02. The molecule has 0 spiro atoms. The van der Waals surface area contributed by atoms with Crippen LogP contribution in [0.1, 0.15) is 77.6 Å². The fourth-order valence-electron chi connectivity index (χ4n) is 1.76. The maximum absolute atomic E-state index is 10.1. The first-order valence-electron chi connectivity index (χ1n) is 7.97. The number of rotatable bonds is 11. The molecule has 0 saturated carbocycles. The molecule has 1 N–H and O–H groups in total. The molecule has 0 fully saturated rings. The van der Waals surface area contributed by atoms with E-state index in [1.807, 2.05) is 0 Å². The Labute approximate surface area is 120 Å². The van der Waals surface area contributed by atoms with E-state index in [1.165, 1.54) is 56.3 Å². The van der Waals surface area contributed by atoms with Crippen LogP contribution in [-0.4, -0.2) is 27.1 Å². The topological polar surface area (TPSA) is 44.6 Å². The Morgan fingerprint density at radius 3 is 1.42 bits per heavy atom. The van der Waals surface area contributed by atoms with Gasteiger partial charge in [-0.3, -0.25) is 0 Å². The molecular formula is C16H35NO2. The lowest BCUT2D eigenvalue weighted by atomic mass is 10.1. The van der Waals surface area contributed by atoms with E-state index >= 15 is 0 Å². The van der Waals surface area contributed by atoms with Crippen LogP contribution < -0.4 is 10.0 Å². The molecule has 0 aromatic rings. The molecule has 0 aromatic heterocycles. The number of hydrogen-bond donors (Lipinski definition) is 1. The highest BCUT2D eigenvalue weighted by Crippen LogP contribution is 2.10. The lowest BCUT2D eigenvalue weighted by molar-refractivity contribution is -0.836. The Kier molecular flexibility index (Phi) is 19.0. The summed E-state index contributed by atoms with van der Waals surface area (Å²) in [4.78, 5) is 11.5. The van der Waals surface area contributed by atoms with Gasteiger partial charge >= 0.3 is 0 Å². The van der Waals surface area contributed by atoms with Crippen molar-refractivity contribution in [2.24, 2.45) is 0 Å². The molecule has 0 atom stereocenters. The molecule has 0 aliphatic carbocycles. The Balaban J connectivity index is 0. The average Bonchev–Trinajstić information content (AvgIpc) is 2.30. The second-order valence-corrected chi connectivity index (χ2v) is 5.80. The van der Waals surface area contributed by atoms with Crippen LogP contribution in [-0.2, 0) is 4.79 Å². The number of carbonyl (C=O) groups is 1. The number of carboxylic acids is 1. The monoisotopic (exact) mass is 273 g/mol. The zero-order valence-electron chi connectivity index (χ0n) is 13.6. The van der Waals surface area contributed by atoms with Crippen molar-refractivity contribution in [3.05, 3.63) is 0 Å². The Morgan fingerprint density at radius 1 is 0.789 bits per heavy atom. The minimum atomic E-state index is -0.908. The highest BCUT2D eigenvalue weighted by atomic mass is 16.4. The van der Waals surface area contributed by atoms with E-state index in [9.17, 15) is 9.90 Å². The molecule has 0 amide bonds. The molecular weight excluding hydrogens is 238 g/mol. The van der Waals surface area contributed by atoms with E-state index < -0.39 is 5.97 Å². The van der Waals surface area contributed by atoms with E-state index in [0.29, 0.717) is 0 Å². The van der Waals surface area contributed by atoms with Gasteiger partial charge in [0.25, 0.3) is 0 Å². The third-order valence-electron chi connectivity index (χ3n) is 2.73. The number of aliphatic carboxylic acids is 1. The third-order valence-corrected chi connectivity index (χ3v) is 2.73. The van der Waals surface area contributed by atoms with E-state index in [4.69, 9.17) is 0 Å². The van der Waals surface area contributed by atoms with Gasteiger partial charge in [0.15, 0.2) is 0 Å². The van der Waals surface area contributed by atoms with Crippen LogP contribution in [0, 0.1) is 0 Å². The van der Waals surface area contributed by atoms with Gasteiger partial charge in [0.2, 0.25) is 0 Å². The van der Waals surface area contributed by atoms with Gasteiger partial charge in [-0.15, -0.1) is 0 Å². The van der Waals surface area contributed by atoms with E-state index in [1.54, 1.807) is 0 Å². The Morgan fingerprint density at radius 2 is 1.11 bits per heavy atom. The highest BCUT2D eigenvalue weighted by molar-refractivity contribution is 5.63. The third kappa shape index (κ3) is 31.8. The molecule has 0 saturated heterocycles. The maximum Gasteiger partial charge on any atom is 0.0661 e. The number of carbonyl (C=O) groups excluding carboxylic acids is 1. The number of unbranched alkanes of at least 4 members (excludes halogenated alkanes) is 9. The van der Waals surface area contributed by atoms with Crippen molar-refractivity contribution in [2.75, 3.05) is 21.1 Å². The lowest BCUT2D eigenvalue weighted by Gasteiger charge is -2.02. The van der Waals surface area contributed by atoms with Gasteiger partial charge in [-0.05, 0) is 12.8 Å². The summed E-state index contributed by atoms with van der Waals surface area (Å²) in [5.41, 5.74) is 0. The minimum absolute atomic E-state index is 0.233. The number of quaternary nitrogens is 1. The van der Waals surface area contributed by atoms with Crippen LogP contribution in [0.25, 0.3) is 0 Å². The molecule has 0 unspecified atom stereocenters. The second kappa shape index (κ2) is 17.4. The Bertz CT molecular complexity index is 179. The number of carboxylic acid groups (broad SMARTS) is 1. The van der Waals surface area contributed by atoms with Crippen molar-refractivity contribution in [1.82, 2.24) is 0 Å². The second-order valence-electron chi connectivity index (χ2n) is 5.80. The van der Waals surface area contributed by atoms with Gasteiger partial charge in [-0.2, -0.15) is 0 Å². The largest absolute Gasteiger partial charge is 0.550 e. The SMILES string of the molecule is CCCCCCCCCCCCC(=O)[O-].C[NH+](C)C. The van der Waals surface area contributed by atoms with Crippen molar-refractivity contribution in [2.45, 2.75) is 77.6 Å². The molecule has 19 heavy (non-hydrogen) atoms. The van der Waals surface area contributed by atoms with Gasteiger partial charge in [0.1, 0.15) is 0 Å². The summed E-state index contributed by atoms with van der Waals surface area (Å²) in [6, 6.07) is 0. The first-order valence-corrected chi connectivity index (χ1v) is 7.97. The van der Waals surface area contributed by atoms with E-state index in [-0.39, 0.29) is 6.42 Å². The van der Waals surface area contributed by atoms with Gasteiger partial charge in [-0.25, -0.2) is 0 Å². The molecule has 0 bridgehead atoms. The summed E-state index contributed by atoms with van der Waals surface area (Å²) < 4.78 is 0. The summed E-state index contributed by atoms with van der Waals surface area (Å²) in [5.74, 6) is -0.908. The average molecular weight is 273 g/mol. The number of hydrogen-bond acceptors (Lipinski definition) is 2. The standard InChI is InChI=1S/C13H26O2.C3H9N/c1-2-3-4-5-6-7-8-9-10-11-12-13(14)15;1-4(2)3/h2-12H2,1H3,(H,14,15);1-3H3. The van der Waals surface area contributed by atoms with E-state index in [0.717, 1.165) is 12.8 Å². The minimum Gasteiger partial charge on any atom is -0.550 e. The van der Waals surface area contributed by atoms with Crippen molar-refractivity contribution in [1.29, 1.82) is 0 Å². The first-order chi connectivity index (χ1) is 9.00. The smallest absolute Gasteiger partial charge is 0.0661 e. The molecule has 0 rings (SSSR count). The summed E-state index contributed by atoms with van der Waals surface area (Å²) >= 11 is 0. The molecule has 3 nitrogen and oxygen atoms in total. The fourth-order valence-corrected chi connectivity index (χ4v) is 1.76. The zero-order valence-corrected chi connectivity index (χ0v) is 13.6. The maximum atomic E-state index is 10.1. The fraction of sp³-hybridized carbons (Fsp3) is 0.938. The van der Waals surface area contributed by atoms with Gasteiger partial charge < -0.3 is 14.8 Å². The van der Waals surface area contributed by atoms with Crippen LogP contribution in [0.3, 0.4) is 0 Å². The summed E-state index contributed by atoms with van der Waals surface area (Å²) in [7, 11) is 6.25. The molecule has 116 valence electrons. The predicted octanol–water partition coefficient (Wildman–Crippen LogP) is 1.81. The summed E-state index contributed by atoms with van der Waals surface area (Å²) in [6.07, 6.45) is 12.6. The molecule has 3 heteroatoms. The summed E-state index contributed by atoms with van der Waals surface area (Å²) in [5, 5.41) is 10.1.